The van der Waals surface area contributed by atoms with Crippen LogP contribution in [0, 0.1) is 11.5 Å². The number of nitrogens with zero attached hydrogens (tertiary/aromatic N) is 2. The van der Waals surface area contributed by atoms with Crippen molar-refractivity contribution in [3.63, 3.8) is 0 Å². The van der Waals surface area contributed by atoms with E-state index in [1.165, 1.54) is 19.3 Å². The highest BCUT2D eigenvalue weighted by Crippen LogP contribution is 2.32. The Kier molecular flexibility index (Phi) is 5.07. The number of benzene rings is 1. The van der Waals surface area contributed by atoms with Gasteiger partial charge in [-0.1, -0.05) is 32.0 Å². The summed E-state index contributed by atoms with van der Waals surface area (Å²) in [6.07, 6.45) is 5.86. The fourth-order valence-electron chi connectivity index (χ4n) is 4.51. The first-order chi connectivity index (χ1) is 13.3. The third-order valence-corrected chi connectivity index (χ3v) is 6.91. The van der Waals surface area contributed by atoms with Crippen LogP contribution in [0.5, 0.6) is 0 Å². The Hall–Kier alpha value is -2.10. The van der Waals surface area contributed by atoms with E-state index in [9.17, 15) is 4.79 Å². The quantitative estimate of drug-likeness (QED) is 0.605. The van der Waals surface area contributed by atoms with E-state index in [1.807, 2.05) is 18.2 Å². The molecule has 2 aliphatic heterocycles. The maximum atomic E-state index is 13.0. The van der Waals surface area contributed by atoms with E-state index in [-0.39, 0.29) is 11.9 Å². The maximum Gasteiger partial charge on any atom is 0.272 e. The fourth-order valence-corrected chi connectivity index (χ4v) is 5.03. The molecule has 28 heavy (non-hydrogen) atoms. The second-order valence-corrected chi connectivity index (χ2v) is 14.1. The number of carbonyl (C=O) groups is 1. The normalized spacial score (nSPS) is 25.2. The van der Waals surface area contributed by atoms with Crippen LogP contribution in [-0.2, 0) is 0 Å². The second kappa shape index (κ2) is 7.38. The van der Waals surface area contributed by atoms with Crippen LogP contribution in [-0.4, -0.2) is 54.3 Å². The molecule has 0 aliphatic carbocycles. The predicted octanol–water partition coefficient (Wildman–Crippen LogP) is 3.54. The zero-order chi connectivity index (χ0) is 19.9. The van der Waals surface area contributed by atoms with Gasteiger partial charge in [0.1, 0.15) is 8.07 Å². The zero-order valence-electron chi connectivity index (χ0n) is 17.3. The summed E-state index contributed by atoms with van der Waals surface area (Å²) in [5.74, 6) is 3.20. The summed E-state index contributed by atoms with van der Waals surface area (Å²) in [7, 11) is 0.792. The first kappa shape index (κ1) is 19.2. The molecule has 3 atom stereocenters. The van der Waals surface area contributed by atoms with Gasteiger partial charge in [-0.25, -0.2) is 0 Å². The molecule has 1 unspecified atom stereocenters. The Bertz CT molecular complexity index is 935. The Morgan fingerprint density at radius 2 is 1.96 bits per heavy atom. The molecule has 2 N–H and O–H groups in total. The van der Waals surface area contributed by atoms with Gasteiger partial charge in [-0.05, 0) is 50.9 Å². The molecule has 4 rings (SSSR count). The smallest absolute Gasteiger partial charge is 0.272 e. The van der Waals surface area contributed by atoms with Crippen molar-refractivity contribution in [3.8, 4) is 11.5 Å². The molecule has 2 aromatic rings. The molecule has 5 nitrogen and oxygen atoms in total. The van der Waals surface area contributed by atoms with E-state index in [0.29, 0.717) is 17.8 Å². The minimum Gasteiger partial charge on any atom is -0.348 e. The maximum absolute atomic E-state index is 13.0. The van der Waals surface area contributed by atoms with E-state index in [2.05, 4.69) is 58.6 Å². The van der Waals surface area contributed by atoms with Crippen molar-refractivity contribution in [3.05, 3.63) is 29.5 Å². The van der Waals surface area contributed by atoms with Crippen molar-refractivity contribution in [1.82, 2.24) is 20.4 Å². The molecule has 0 saturated carbocycles. The van der Waals surface area contributed by atoms with Crippen LogP contribution in [0.3, 0.4) is 0 Å². The van der Waals surface area contributed by atoms with Gasteiger partial charge in [0, 0.05) is 29.1 Å². The number of hydrogen-bond donors (Lipinski definition) is 2. The summed E-state index contributed by atoms with van der Waals surface area (Å²) in [4.78, 5) is 15.5. The molecule has 0 radical (unpaired) electrons. The Morgan fingerprint density at radius 3 is 2.64 bits per heavy atom. The highest BCUT2D eigenvalue weighted by atomic mass is 28.3. The first-order valence-corrected chi connectivity index (χ1v) is 13.8. The van der Waals surface area contributed by atoms with Crippen molar-refractivity contribution in [2.45, 2.75) is 69.9 Å². The van der Waals surface area contributed by atoms with Crippen LogP contribution in [0.2, 0.25) is 19.6 Å². The van der Waals surface area contributed by atoms with Crippen LogP contribution in [0.15, 0.2) is 18.2 Å². The Labute approximate surface area is 168 Å². The summed E-state index contributed by atoms with van der Waals surface area (Å²) in [5.41, 5.74) is 5.69. The van der Waals surface area contributed by atoms with E-state index in [0.717, 1.165) is 29.3 Å². The molecule has 2 saturated heterocycles. The number of nitrogens with one attached hydrogen (secondary N) is 2. The molecular weight excluding hydrogens is 364 g/mol. The standard InChI is InChI=1S/C22H30N4OSi/c1-26-17-6-5-7-18(26)14-16(13-17)23-22(27)21-19-12-15(10-11-28(2,3)4)8-9-20(19)24-25-21/h8-9,12,16-18H,5-7,13-14H2,1-4H3,(H,23,27)(H,24,25)/t16?,17-,18+. The molecule has 3 heterocycles. The number of amides is 1. The van der Waals surface area contributed by atoms with Crippen LogP contribution in [0.4, 0.5) is 0 Å². The largest absolute Gasteiger partial charge is 0.348 e. The number of aromatic amines is 1. The molecule has 1 aromatic heterocycles. The molecule has 6 heteroatoms. The summed E-state index contributed by atoms with van der Waals surface area (Å²) in [6.45, 7) is 6.69. The molecular formula is C22H30N4OSi. The van der Waals surface area contributed by atoms with E-state index in [1.54, 1.807) is 0 Å². The van der Waals surface area contributed by atoms with E-state index >= 15 is 0 Å². The molecule has 1 amide bonds. The van der Waals surface area contributed by atoms with Crippen LogP contribution in [0.25, 0.3) is 10.9 Å². The Morgan fingerprint density at radius 1 is 1.25 bits per heavy atom. The fraction of sp³-hybridized carbons (Fsp3) is 0.545. The van der Waals surface area contributed by atoms with Gasteiger partial charge >= 0.3 is 0 Å². The monoisotopic (exact) mass is 394 g/mol. The van der Waals surface area contributed by atoms with Crippen molar-refractivity contribution >= 4 is 24.9 Å². The third kappa shape index (κ3) is 4.01. The van der Waals surface area contributed by atoms with Crippen LogP contribution >= 0.6 is 0 Å². The molecule has 148 valence electrons. The summed E-state index contributed by atoms with van der Waals surface area (Å²) in [6, 6.07) is 7.38. The average molecular weight is 395 g/mol. The van der Waals surface area contributed by atoms with Crippen molar-refractivity contribution in [2.24, 2.45) is 0 Å². The van der Waals surface area contributed by atoms with Gasteiger partial charge in [-0.2, -0.15) is 5.10 Å². The lowest BCUT2D eigenvalue weighted by Crippen LogP contribution is -2.55. The number of piperidine rings is 2. The lowest BCUT2D eigenvalue weighted by atomic mass is 9.82. The number of aromatic nitrogens is 2. The van der Waals surface area contributed by atoms with Crippen molar-refractivity contribution in [2.75, 3.05) is 7.05 Å². The summed E-state index contributed by atoms with van der Waals surface area (Å²) < 4.78 is 0. The highest BCUT2D eigenvalue weighted by molar-refractivity contribution is 6.83. The molecule has 2 aliphatic rings. The number of hydrogen-bond acceptors (Lipinski definition) is 3. The lowest BCUT2D eigenvalue weighted by Gasteiger charge is -2.47. The van der Waals surface area contributed by atoms with Gasteiger partial charge in [-0.3, -0.25) is 9.89 Å². The minimum absolute atomic E-state index is 0.0748. The number of rotatable bonds is 2. The molecule has 1 aromatic carbocycles. The van der Waals surface area contributed by atoms with E-state index < -0.39 is 8.07 Å². The van der Waals surface area contributed by atoms with Gasteiger partial charge < -0.3 is 10.2 Å². The van der Waals surface area contributed by atoms with Crippen molar-refractivity contribution in [1.29, 1.82) is 0 Å². The number of carbonyl (C=O) groups excluding carboxylic acids is 1. The van der Waals surface area contributed by atoms with Gasteiger partial charge in [-0.15, -0.1) is 5.54 Å². The molecule has 2 fully saturated rings. The average Bonchev–Trinajstić information content (AvgIpc) is 3.03. The number of fused-ring (bicyclic) bond motifs is 3. The second-order valence-electron chi connectivity index (χ2n) is 9.38. The highest BCUT2D eigenvalue weighted by Gasteiger charge is 2.36. The van der Waals surface area contributed by atoms with Crippen molar-refractivity contribution < 1.29 is 4.79 Å². The molecule has 0 spiro atoms. The lowest BCUT2D eigenvalue weighted by molar-refractivity contribution is 0.0462. The predicted molar refractivity (Wildman–Crippen MR) is 116 cm³/mol. The van der Waals surface area contributed by atoms with Gasteiger partial charge in [0.15, 0.2) is 5.69 Å². The summed E-state index contributed by atoms with van der Waals surface area (Å²) >= 11 is 0. The Balaban J connectivity index is 1.53. The molecule has 2 bridgehead atoms. The first-order valence-electron chi connectivity index (χ1n) is 10.3. The minimum atomic E-state index is -1.44. The van der Waals surface area contributed by atoms with Gasteiger partial charge in [0.05, 0.1) is 5.52 Å². The van der Waals surface area contributed by atoms with Crippen LogP contribution < -0.4 is 5.32 Å². The summed E-state index contributed by atoms with van der Waals surface area (Å²) in [5, 5.41) is 11.4. The zero-order valence-corrected chi connectivity index (χ0v) is 18.3. The third-order valence-electron chi connectivity index (χ3n) is 6.03. The topological polar surface area (TPSA) is 61.0 Å². The van der Waals surface area contributed by atoms with Gasteiger partial charge in [0.25, 0.3) is 5.91 Å². The van der Waals surface area contributed by atoms with Crippen LogP contribution in [0.1, 0.15) is 48.2 Å². The van der Waals surface area contributed by atoms with E-state index in [4.69, 9.17) is 0 Å². The SMILES string of the molecule is CN1[C@@H]2CCC[C@H]1CC(NC(=O)c1n[nH]c3ccc(C#C[Si](C)(C)C)cc13)C2. The number of H-pyrrole nitrogens is 1. The van der Waals surface area contributed by atoms with Gasteiger partial charge in [0.2, 0.25) is 0 Å².